The number of imidazole rings is 1. The van der Waals surface area contributed by atoms with Gasteiger partial charge in [0.25, 0.3) is 0 Å². The maximum Gasteiger partial charge on any atom is 0.372 e. The molecule has 0 bridgehead atoms. The van der Waals surface area contributed by atoms with E-state index in [1.807, 2.05) is 0 Å². The van der Waals surface area contributed by atoms with Crippen molar-refractivity contribution >= 4 is 17.3 Å². The molecule has 0 aliphatic rings. The lowest BCUT2D eigenvalue weighted by Crippen LogP contribution is -2.06. The number of fused-ring (bicyclic) bond motifs is 1. The molecule has 0 aliphatic heterocycles. The molecule has 3 rings (SSSR count). The molecular formula is C17H18N4O5. The summed E-state index contributed by atoms with van der Waals surface area (Å²) in [4.78, 5) is 15.3. The third-order valence-electron chi connectivity index (χ3n) is 3.91. The predicted molar refractivity (Wildman–Crippen MR) is 95.3 cm³/mol. The van der Waals surface area contributed by atoms with Gasteiger partial charge in [0, 0.05) is 18.2 Å². The van der Waals surface area contributed by atoms with Gasteiger partial charge in [0.05, 0.1) is 27.5 Å². The quantitative estimate of drug-likeness (QED) is 0.512. The number of pyridine rings is 1. The zero-order valence-electron chi connectivity index (χ0n) is 14.6. The molecule has 9 nitrogen and oxygen atoms in total. The average molecular weight is 358 g/mol. The molecule has 0 aliphatic carbocycles. The number of nitro groups is 1. The number of hydrogen-bond acceptors (Lipinski definition) is 7. The van der Waals surface area contributed by atoms with E-state index >= 15 is 0 Å². The highest BCUT2D eigenvalue weighted by Gasteiger charge is 2.23. The van der Waals surface area contributed by atoms with Crippen LogP contribution in [0, 0.1) is 10.1 Å². The monoisotopic (exact) mass is 358 g/mol. The topological polar surface area (TPSA) is 100 Å². The highest BCUT2D eigenvalue weighted by molar-refractivity contribution is 5.63. The molecule has 0 saturated heterocycles. The average Bonchev–Trinajstić information content (AvgIpc) is 3.03. The van der Waals surface area contributed by atoms with Crippen molar-refractivity contribution in [1.29, 1.82) is 0 Å². The molecule has 1 N–H and O–H groups in total. The Labute approximate surface area is 149 Å². The lowest BCUT2D eigenvalue weighted by molar-refractivity contribution is -0.389. The zero-order valence-corrected chi connectivity index (χ0v) is 14.6. The van der Waals surface area contributed by atoms with Crippen molar-refractivity contribution < 1.29 is 19.1 Å². The molecule has 3 aromatic rings. The maximum absolute atomic E-state index is 11.5. The predicted octanol–water partition coefficient (Wildman–Crippen LogP) is 2.88. The third kappa shape index (κ3) is 2.94. The van der Waals surface area contributed by atoms with Gasteiger partial charge in [0.2, 0.25) is 17.2 Å². The molecule has 2 heterocycles. The van der Waals surface area contributed by atoms with Gasteiger partial charge in [-0.25, -0.2) is 0 Å². The van der Waals surface area contributed by atoms with Crippen LogP contribution in [0.15, 0.2) is 36.5 Å². The SMILES string of the molecule is COc1ccc(CNc2nc3ccccn3c2[N+](=O)[O-])c(OC)c1OC. The Hall–Kier alpha value is -3.49. The lowest BCUT2D eigenvalue weighted by atomic mass is 10.1. The largest absolute Gasteiger partial charge is 0.493 e. The molecule has 0 atom stereocenters. The molecule has 1 aromatic carbocycles. The number of benzene rings is 1. The molecule has 136 valence electrons. The van der Waals surface area contributed by atoms with Gasteiger partial charge in [-0.2, -0.15) is 9.38 Å². The molecule has 9 heteroatoms. The zero-order chi connectivity index (χ0) is 18.7. The summed E-state index contributed by atoms with van der Waals surface area (Å²) in [7, 11) is 4.58. The van der Waals surface area contributed by atoms with E-state index in [2.05, 4.69) is 10.3 Å². The van der Waals surface area contributed by atoms with Crippen molar-refractivity contribution in [2.24, 2.45) is 0 Å². The van der Waals surface area contributed by atoms with Crippen LogP contribution < -0.4 is 19.5 Å². The number of aromatic nitrogens is 2. The minimum absolute atomic E-state index is 0.125. The van der Waals surface area contributed by atoms with Crippen LogP contribution >= 0.6 is 0 Å². The van der Waals surface area contributed by atoms with Crippen LogP contribution in [0.3, 0.4) is 0 Å². The standard InChI is InChI=1S/C17H18N4O5/c1-24-12-8-7-11(14(25-2)15(12)26-3)10-18-16-17(21(22)23)20-9-5-4-6-13(20)19-16/h4-9,18H,10H2,1-3H3. The fourth-order valence-electron chi connectivity index (χ4n) is 2.76. The van der Waals surface area contributed by atoms with Crippen LogP contribution in [-0.2, 0) is 6.54 Å². The minimum atomic E-state index is -0.464. The van der Waals surface area contributed by atoms with Gasteiger partial charge in [-0.1, -0.05) is 6.07 Å². The molecule has 26 heavy (non-hydrogen) atoms. The Morgan fingerprint density at radius 1 is 1.12 bits per heavy atom. The van der Waals surface area contributed by atoms with E-state index in [1.165, 1.54) is 25.7 Å². The molecular weight excluding hydrogens is 340 g/mol. The van der Waals surface area contributed by atoms with E-state index in [9.17, 15) is 10.1 Å². The fraction of sp³-hybridized carbons (Fsp3) is 0.235. The van der Waals surface area contributed by atoms with Gasteiger partial charge >= 0.3 is 5.82 Å². The Kier molecular flexibility index (Phi) is 4.78. The number of anilines is 1. The second-order valence-corrected chi connectivity index (χ2v) is 5.32. The minimum Gasteiger partial charge on any atom is -0.493 e. The van der Waals surface area contributed by atoms with Gasteiger partial charge in [0.15, 0.2) is 11.5 Å². The van der Waals surface area contributed by atoms with Crippen LogP contribution in [0.4, 0.5) is 11.6 Å². The van der Waals surface area contributed by atoms with Crippen molar-refractivity contribution in [2.75, 3.05) is 26.6 Å². The number of nitrogens with one attached hydrogen (secondary N) is 1. The summed E-state index contributed by atoms with van der Waals surface area (Å²) in [5.41, 5.74) is 1.23. The molecule has 0 radical (unpaired) electrons. The number of nitrogens with zero attached hydrogens (tertiary/aromatic N) is 3. The summed E-state index contributed by atoms with van der Waals surface area (Å²) in [6, 6.07) is 8.73. The van der Waals surface area contributed by atoms with Crippen LogP contribution in [0.5, 0.6) is 17.2 Å². The van der Waals surface area contributed by atoms with E-state index in [0.29, 0.717) is 22.9 Å². The first-order valence-corrected chi connectivity index (χ1v) is 7.73. The molecule has 0 amide bonds. The summed E-state index contributed by atoms with van der Waals surface area (Å²) in [6.07, 6.45) is 1.60. The molecule has 2 aromatic heterocycles. The van der Waals surface area contributed by atoms with Gasteiger partial charge < -0.3 is 29.6 Å². The van der Waals surface area contributed by atoms with Gasteiger partial charge in [-0.15, -0.1) is 0 Å². The van der Waals surface area contributed by atoms with E-state index in [0.717, 1.165) is 5.56 Å². The summed E-state index contributed by atoms with van der Waals surface area (Å²) >= 11 is 0. The number of ether oxygens (including phenoxy) is 3. The molecule has 0 spiro atoms. The van der Waals surface area contributed by atoms with Gasteiger partial charge in [-0.05, 0) is 23.1 Å². The van der Waals surface area contributed by atoms with Crippen molar-refractivity contribution in [3.05, 3.63) is 52.2 Å². The van der Waals surface area contributed by atoms with Crippen molar-refractivity contribution in [2.45, 2.75) is 6.54 Å². The Bertz CT molecular complexity index is 954. The molecule has 0 saturated carbocycles. The number of methoxy groups -OCH3 is 3. The van der Waals surface area contributed by atoms with Gasteiger partial charge in [-0.3, -0.25) is 0 Å². The van der Waals surface area contributed by atoms with Gasteiger partial charge in [0.1, 0.15) is 0 Å². The van der Waals surface area contributed by atoms with Crippen LogP contribution in [0.2, 0.25) is 0 Å². The normalized spacial score (nSPS) is 10.6. The lowest BCUT2D eigenvalue weighted by Gasteiger charge is -2.15. The van der Waals surface area contributed by atoms with Crippen molar-refractivity contribution in [1.82, 2.24) is 9.38 Å². The second kappa shape index (κ2) is 7.18. The number of hydrogen-bond donors (Lipinski definition) is 1. The summed E-state index contributed by atoms with van der Waals surface area (Å²) in [5, 5.41) is 14.5. The van der Waals surface area contributed by atoms with Crippen molar-refractivity contribution in [3.63, 3.8) is 0 Å². The van der Waals surface area contributed by atoms with E-state index in [4.69, 9.17) is 14.2 Å². The number of rotatable bonds is 7. The van der Waals surface area contributed by atoms with E-state index in [-0.39, 0.29) is 18.2 Å². The second-order valence-electron chi connectivity index (χ2n) is 5.32. The van der Waals surface area contributed by atoms with E-state index in [1.54, 1.807) is 36.5 Å². The first-order valence-electron chi connectivity index (χ1n) is 7.73. The Balaban J connectivity index is 1.96. The first-order chi connectivity index (χ1) is 12.6. The van der Waals surface area contributed by atoms with Crippen LogP contribution in [-0.4, -0.2) is 35.6 Å². The Morgan fingerprint density at radius 2 is 1.88 bits per heavy atom. The highest BCUT2D eigenvalue weighted by atomic mass is 16.6. The highest BCUT2D eigenvalue weighted by Crippen LogP contribution is 2.40. The van der Waals surface area contributed by atoms with E-state index < -0.39 is 4.92 Å². The third-order valence-corrected chi connectivity index (χ3v) is 3.91. The fourth-order valence-corrected chi connectivity index (χ4v) is 2.76. The molecule has 0 unspecified atom stereocenters. The summed E-state index contributed by atoms with van der Waals surface area (Å²) in [6.45, 7) is 0.258. The van der Waals surface area contributed by atoms with Crippen LogP contribution in [0.25, 0.3) is 5.65 Å². The van der Waals surface area contributed by atoms with Crippen molar-refractivity contribution in [3.8, 4) is 17.2 Å². The smallest absolute Gasteiger partial charge is 0.372 e. The first kappa shape index (κ1) is 17.3. The van der Waals surface area contributed by atoms with Crippen LogP contribution in [0.1, 0.15) is 5.56 Å². The summed E-state index contributed by atoms with van der Waals surface area (Å²) in [5.74, 6) is 1.54. The Morgan fingerprint density at radius 3 is 2.54 bits per heavy atom. The molecule has 0 fully saturated rings. The maximum atomic E-state index is 11.5. The summed E-state index contributed by atoms with van der Waals surface area (Å²) < 4.78 is 17.5.